The standard InChI is InChI=1S/C21H24N2O3/c1-13(2)16-9-7-8-14(3)20(16)22-19(24)12-23-17-10-5-6-11-18(17)26-15(4)21(23)25/h5-11,13,15H,12H2,1-4H3,(H,22,24). The number of para-hydroxylation sites is 3. The van der Waals surface area contributed by atoms with Gasteiger partial charge in [0, 0.05) is 5.69 Å². The van der Waals surface area contributed by atoms with Crippen molar-refractivity contribution in [1.29, 1.82) is 0 Å². The van der Waals surface area contributed by atoms with Gasteiger partial charge in [-0.3, -0.25) is 14.5 Å². The molecule has 1 unspecified atom stereocenters. The molecule has 2 aromatic rings. The predicted octanol–water partition coefficient (Wildman–Crippen LogP) is 3.87. The summed E-state index contributed by atoms with van der Waals surface area (Å²) in [7, 11) is 0. The average Bonchev–Trinajstić information content (AvgIpc) is 2.60. The number of rotatable bonds is 4. The number of hydrogen-bond acceptors (Lipinski definition) is 3. The van der Waals surface area contributed by atoms with E-state index in [0.29, 0.717) is 11.4 Å². The molecule has 0 bridgehead atoms. The fraction of sp³-hybridized carbons (Fsp3) is 0.333. The normalized spacial score (nSPS) is 16.3. The first kappa shape index (κ1) is 18.0. The fourth-order valence-electron chi connectivity index (χ4n) is 3.19. The van der Waals surface area contributed by atoms with Crippen molar-refractivity contribution >= 4 is 23.2 Å². The van der Waals surface area contributed by atoms with Crippen molar-refractivity contribution < 1.29 is 14.3 Å². The Morgan fingerprint density at radius 1 is 1.19 bits per heavy atom. The Kier molecular flexibility index (Phi) is 4.98. The summed E-state index contributed by atoms with van der Waals surface area (Å²) in [6.07, 6.45) is -0.609. The van der Waals surface area contributed by atoms with Crippen molar-refractivity contribution in [2.45, 2.75) is 39.7 Å². The lowest BCUT2D eigenvalue weighted by molar-refractivity contribution is -0.127. The summed E-state index contributed by atoms with van der Waals surface area (Å²) in [5.74, 6) is 0.466. The SMILES string of the molecule is Cc1cccc(C(C)C)c1NC(=O)CN1C(=O)C(C)Oc2ccccc21. The van der Waals surface area contributed by atoms with Gasteiger partial charge >= 0.3 is 0 Å². The largest absolute Gasteiger partial charge is 0.479 e. The Labute approximate surface area is 154 Å². The molecule has 2 aromatic carbocycles. The first-order valence-corrected chi connectivity index (χ1v) is 8.85. The second-order valence-corrected chi connectivity index (χ2v) is 6.89. The summed E-state index contributed by atoms with van der Waals surface area (Å²) in [4.78, 5) is 26.8. The van der Waals surface area contributed by atoms with Gasteiger partial charge in [-0.1, -0.05) is 44.2 Å². The first-order valence-electron chi connectivity index (χ1n) is 8.85. The van der Waals surface area contributed by atoms with Crippen molar-refractivity contribution in [3.8, 4) is 5.75 Å². The molecule has 3 rings (SSSR count). The summed E-state index contributed by atoms with van der Waals surface area (Å²) in [6, 6.07) is 13.3. The summed E-state index contributed by atoms with van der Waals surface area (Å²) in [5, 5.41) is 3.00. The highest BCUT2D eigenvalue weighted by atomic mass is 16.5. The number of fused-ring (bicyclic) bond motifs is 1. The Bertz CT molecular complexity index is 845. The maximum atomic E-state index is 12.7. The van der Waals surface area contributed by atoms with Gasteiger partial charge in [0.25, 0.3) is 5.91 Å². The summed E-state index contributed by atoms with van der Waals surface area (Å²) < 4.78 is 5.62. The zero-order chi connectivity index (χ0) is 18.8. The number of aryl methyl sites for hydroxylation is 1. The van der Waals surface area contributed by atoms with Crippen LogP contribution in [0.5, 0.6) is 5.75 Å². The molecule has 26 heavy (non-hydrogen) atoms. The second-order valence-electron chi connectivity index (χ2n) is 6.89. The van der Waals surface area contributed by atoms with Crippen LogP contribution in [0.4, 0.5) is 11.4 Å². The Hall–Kier alpha value is -2.82. The van der Waals surface area contributed by atoms with Crippen LogP contribution in [0.2, 0.25) is 0 Å². The molecule has 0 fully saturated rings. The van der Waals surface area contributed by atoms with E-state index in [1.165, 1.54) is 4.90 Å². The lowest BCUT2D eigenvalue weighted by atomic mass is 9.98. The molecule has 1 heterocycles. The zero-order valence-corrected chi connectivity index (χ0v) is 15.6. The van der Waals surface area contributed by atoms with Gasteiger partial charge < -0.3 is 10.1 Å². The van der Waals surface area contributed by atoms with Crippen molar-refractivity contribution in [1.82, 2.24) is 0 Å². The van der Waals surface area contributed by atoms with Gasteiger partial charge in [0.15, 0.2) is 6.10 Å². The molecule has 1 N–H and O–H groups in total. The summed E-state index contributed by atoms with van der Waals surface area (Å²) >= 11 is 0. The van der Waals surface area contributed by atoms with E-state index >= 15 is 0 Å². The quantitative estimate of drug-likeness (QED) is 0.909. The number of anilines is 2. The van der Waals surface area contributed by atoms with E-state index in [0.717, 1.165) is 16.8 Å². The Balaban J connectivity index is 1.84. The number of benzene rings is 2. The highest BCUT2D eigenvalue weighted by Crippen LogP contribution is 2.33. The number of hydrogen-bond donors (Lipinski definition) is 1. The van der Waals surface area contributed by atoms with Gasteiger partial charge in [0.05, 0.1) is 5.69 Å². The van der Waals surface area contributed by atoms with E-state index in [1.54, 1.807) is 19.1 Å². The molecule has 5 nitrogen and oxygen atoms in total. The zero-order valence-electron chi connectivity index (χ0n) is 15.6. The van der Waals surface area contributed by atoms with Gasteiger partial charge in [-0.2, -0.15) is 0 Å². The molecule has 0 saturated carbocycles. The third-order valence-electron chi connectivity index (χ3n) is 4.57. The van der Waals surface area contributed by atoms with E-state index < -0.39 is 6.10 Å². The van der Waals surface area contributed by atoms with Crippen LogP contribution < -0.4 is 15.0 Å². The summed E-state index contributed by atoms with van der Waals surface area (Å²) in [6.45, 7) is 7.80. The number of amides is 2. The van der Waals surface area contributed by atoms with Crippen LogP contribution in [0.3, 0.4) is 0 Å². The van der Waals surface area contributed by atoms with Crippen molar-refractivity contribution in [2.75, 3.05) is 16.8 Å². The summed E-state index contributed by atoms with van der Waals surface area (Å²) in [5.41, 5.74) is 3.54. The highest BCUT2D eigenvalue weighted by Gasteiger charge is 2.32. The molecule has 136 valence electrons. The molecule has 0 radical (unpaired) electrons. The number of nitrogens with one attached hydrogen (secondary N) is 1. The van der Waals surface area contributed by atoms with Gasteiger partial charge in [0.1, 0.15) is 12.3 Å². The molecule has 0 spiro atoms. The fourth-order valence-corrected chi connectivity index (χ4v) is 3.19. The molecular weight excluding hydrogens is 328 g/mol. The molecule has 0 aromatic heterocycles. The van der Waals surface area contributed by atoms with Crippen LogP contribution in [-0.2, 0) is 9.59 Å². The highest BCUT2D eigenvalue weighted by molar-refractivity contribution is 6.06. The van der Waals surface area contributed by atoms with Crippen LogP contribution in [0.25, 0.3) is 0 Å². The van der Waals surface area contributed by atoms with Crippen LogP contribution >= 0.6 is 0 Å². The van der Waals surface area contributed by atoms with Gasteiger partial charge in [-0.15, -0.1) is 0 Å². The van der Waals surface area contributed by atoms with Gasteiger partial charge in [-0.05, 0) is 43.0 Å². The van der Waals surface area contributed by atoms with Crippen LogP contribution in [0.15, 0.2) is 42.5 Å². The van der Waals surface area contributed by atoms with E-state index in [4.69, 9.17) is 4.74 Å². The number of nitrogens with zero attached hydrogens (tertiary/aromatic N) is 1. The van der Waals surface area contributed by atoms with Crippen molar-refractivity contribution in [2.24, 2.45) is 0 Å². The second kappa shape index (κ2) is 7.20. The lowest BCUT2D eigenvalue weighted by Gasteiger charge is -2.32. The monoisotopic (exact) mass is 352 g/mol. The van der Waals surface area contributed by atoms with E-state index in [-0.39, 0.29) is 24.3 Å². The molecule has 0 saturated heterocycles. The number of ether oxygens (including phenoxy) is 1. The Morgan fingerprint density at radius 3 is 2.65 bits per heavy atom. The predicted molar refractivity (Wildman–Crippen MR) is 103 cm³/mol. The topological polar surface area (TPSA) is 58.6 Å². The van der Waals surface area contributed by atoms with Crippen molar-refractivity contribution in [3.05, 3.63) is 53.6 Å². The lowest BCUT2D eigenvalue weighted by Crippen LogP contribution is -2.47. The Morgan fingerprint density at radius 2 is 1.92 bits per heavy atom. The molecule has 2 amide bonds. The van der Waals surface area contributed by atoms with Crippen molar-refractivity contribution in [3.63, 3.8) is 0 Å². The smallest absolute Gasteiger partial charge is 0.268 e. The molecule has 1 aliphatic heterocycles. The first-order chi connectivity index (χ1) is 12.4. The number of carbonyl (C=O) groups is 2. The van der Waals surface area contributed by atoms with Crippen LogP contribution in [0.1, 0.15) is 37.8 Å². The molecule has 5 heteroatoms. The maximum absolute atomic E-state index is 12.7. The minimum atomic E-state index is -0.609. The molecule has 1 aliphatic rings. The minimum absolute atomic E-state index is 0.0462. The minimum Gasteiger partial charge on any atom is -0.479 e. The van der Waals surface area contributed by atoms with Crippen LogP contribution in [0, 0.1) is 6.92 Å². The van der Waals surface area contributed by atoms with Gasteiger partial charge in [-0.25, -0.2) is 0 Å². The van der Waals surface area contributed by atoms with E-state index in [1.807, 2.05) is 37.3 Å². The van der Waals surface area contributed by atoms with E-state index in [2.05, 4.69) is 19.2 Å². The average molecular weight is 352 g/mol. The number of carbonyl (C=O) groups excluding carboxylic acids is 2. The molecule has 0 aliphatic carbocycles. The molecular formula is C21H24N2O3. The van der Waals surface area contributed by atoms with Gasteiger partial charge in [0.2, 0.25) is 5.91 Å². The molecule has 1 atom stereocenters. The van der Waals surface area contributed by atoms with Crippen LogP contribution in [-0.4, -0.2) is 24.5 Å². The maximum Gasteiger partial charge on any atom is 0.268 e. The van der Waals surface area contributed by atoms with E-state index in [9.17, 15) is 9.59 Å². The third kappa shape index (κ3) is 3.43. The third-order valence-corrected chi connectivity index (χ3v) is 4.57.